The van der Waals surface area contributed by atoms with Crippen LogP contribution in [0.3, 0.4) is 0 Å². The van der Waals surface area contributed by atoms with Gasteiger partial charge in [-0.3, -0.25) is 10.1 Å². The molecule has 0 amide bonds. The number of non-ortho nitro benzene ring substituents is 1. The first kappa shape index (κ1) is 16.4. The van der Waals surface area contributed by atoms with Crippen molar-refractivity contribution in [3.8, 4) is 11.5 Å². The number of halogens is 3. The Hall–Kier alpha value is -0.960. The van der Waals surface area contributed by atoms with Crippen LogP contribution < -0.4 is 10.5 Å². The lowest BCUT2D eigenvalue weighted by Gasteiger charge is -2.13. The Bertz CT molecular complexity index is 684. The van der Waals surface area contributed by atoms with Crippen LogP contribution in [0.25, 0.3) is 0 Å². The van der Waals surface area contributed by atoms with Gasteiger partial charge in [0.25, 0.3) is 5.69 Å². The standard InChI is InChI=1S/C13H9Br3N2O3/c14-8-2-1-7(6-17)12(3-8)21-13-10(15)4-9(18(19)20)5-11(13)16/h1-5H,6,17H2. The molecule has 0 radical (unpaired) electrons. The van der Waals surface area contributed by atoms with Gasteiger partial charge in [-0.25, -0.2) is 0 Å². The van der Waals surface area contributed by atoms with Crippen LogP contribution in [0.4, 0.5) is 5.69 Å². The van der Waals surface area contributed by atoms with E-state index in [1.54, 1.807) is 6.07 Å². The summed E-state index contributed by atoms with van der Waals surface area (Å²) in [7, 11) is 0. The highest BCUT2D eigenvalue weighted by atomic mass is 79.9. The molecule has 21 heavy (non-hydrogen) atoms. The first-order valence-electron chi connectivity index (χ1n) is 5.72. The summed E-state index contributed by atoms with van der Waals surface area (Å²) in [5, 5.41) is 10.8. The van der Waals surface area contributed by atoms with Crippen molar-refractivity contribution in [3.05, 3.63) is 59.4 Å². The van der Waals surface area contributed by atoms with Crippen molar-refractivity contribution in [3.63, 3.8) is 0 Å². The zero-order valence-electron chi connectivity index (χ0n) is 10.5. The Morgan fingerprint density at radius 2 is 1.76 bits per heavy atom. The number of ether oxygens (including phenoxy) is 1. The van der Waals surface area contributed by atoms with Crippen molar-refractivity contribution in [2.24, 2.45) is 5.73 Å². The highest BCUT2D eigenvalue weighted by Gasteiger charge is 2.17. The Labute approximate surface area is 146 Å². The maximum atomic E-state index is 10.8. The topological polar surface area (TPSA) is 78.4 Å². The molecule has 0 aliphatic carbocycles. The van der Waals surface area contributed by atoms with E-state index in [1.807, 2.05) is 12.1 Å². The van der Waals surface area contributed by atoms with Gasteiger partial charge in [0.05, 0.1) is 13.9 Å². The fourth-order valence-corrected chi connectivity index (χ4v) is 3.32. The number of nitrogens with two attached hydrogens (primary N) is 1. The molecule has 110 valence electrons. The van der Waals surface area contributed by atoms with Crippen LogP contribution in [-0.2, 0) is 6.54 Å². The smallest absolute Gasteiger partial charge is 0.271 e. The van der Waals surface area contributed by atoms with E-state index in [-0.39, 0.29) is 5.69 Å². The van der Waals surface area contributed by atoms with E-state index in [1.165, 1.54) is 12.1 Å². The summed E-state index contributed by atoms with van der Waals surface area (Å²) in [5.74, 6) is 1.04. The molecule has 2 aromatic carbocycles. The fourth-order valence-electron chi connectivity index (χ4n) is 1.65. The van der Waals surface area contributed by atoms with Gasteiger partial charge in [-0.2, -0.15) is 0 Å². The van der Waals surface area contributed by atoms with Crippen molar-refractivity contribution < 1.29 is 9.66 Å². The molecule has 0 unspecified atom stereocenters. The summed E-state index contributed by atoms with van der Waals surface area (Å²) in [4.78, 5) is 10.4. The Morgan fingerprint density at radius 3 is 2.29 bits per heavy atom. The molecule has 2 aromatic rings. The first-order chi connectivity index (χ1) is 9.92. The van der Waals surface area contributed by atoms with Gasteiger partial charge in [-0.05, 0) is 44.0 Å². The molecule has 8 heteroatoms. The Balaban J connectivity index is 2.45. The largest absolute Gasteiger partial charge is 0.455 e. The van der Waals surface area contributed by atoms with E-state index in [2.05, 4.69) is 47.8 Å². The maximum absolute atomic E-state index is 10.8. The SMILES string of the molecule is NCc1ccc(Br)cc1Oc1c(Br)cc([N+](=O)[O-])cc1Br. The van der Waals surface area contributed by atoms with Gasteiger partial charge >= 0.3 is 0 Å². The van der Waals surface area contributed by atoms with Crippen molar-refractivity contribution in [2.45, 2.75) is 6.54 Å². The molecule has 0 aromatic heterocycles. The third-order valence-electron chi connectivity index (χ3n) is 2.66. The molecular formula is C13H9Br3N2O3. The Morgan fingerprint density at radius 1 is 1.14 bits per heavy atom. The van der Waals surface area contributed by atoms with Gasteiger partial charge < -0.3 is 10.5 Å². The monoisotopic (exact) mass is 478 g/mol. The molecular weight excluding hydrogens is 472 g/mol. The van der Waals surface area contributed by atoms with E-state index < -0.39 is 4.92 Å². The highest BCUT2D eigenvalue weighted by Crippen LogP contribution is 2.41. The minimum atomic E-state index is -0.469. The number of nitrogens with zero attached hydrogens (tertiary/aromatic N) is 1. The van der Waals surface area contributed by atoms with Crippen LogP contribution in [0.15, 0.2) is 43.7 Å². The molecule has 0 aliphatic heterocycles. The van der Waals surface area contributed by atoms with Crippen molar-refractivity contribution in [1.82, 2.24) is 0 Å². The summed E-state index contributed by atoms with van der Waals surface area (Å²) in [6.45, 7) is 0.324. The van der Waals surface area contributed by atoms with E-state index >= 15 is 0 Å². The lowest BCUT2D eigenvalue weighted by Crippen LogP contribution is -2.00. The van der Waals surface area contributed by atoms with Gasteiger partial charge in [0, 0.05) is 28.7 Å². The summed E-state index contributed by atoms with van der Waals surface area (Å²) in [6, 6.07) is 8.30. The molecule has 2 N–H and O–H groups in total. The van der Waals surface area contributed by atoms with Gasteiger partial charge in [0.15, 0.2) is 5.75 Å². The first-order valence-corrected chi connectivity index (χ1v) is 8.10. The molecule has 0 spiro atoms. The lowest BCUT2D eigenvalue weighted by molar-refractivity contribution is -0.385. The van der Waals surface area contributed by atoms with Gasteiger partial charge in [0.2, 0.25) is 0 Å². The lowest BCUT2D eigenvalue weighted by atomic mass is 10.2. The minimum absolute atomic E-state index is 0.0330. The molecule has 0 saturated carbocycles. The zero-order valence-corrected chi connectivity index (χ0v) is 15.2. The second-order valence-electron chi connectivity index (χ2n) is 4.05. The molecule has 2 rings (SSSR count). The van der Waals surface area contributed by atoms with Gasteiger partial charge in [0.1, 0.15) is 5.75 Å². The van der Waals surface area contributed by atoms with Crippen molar-refractivity contribution in [2.75, 3.05) is 0 Å². The van der Waals surface area contributed by atoms with Crippen LogP contribution in [-0.4, -0.2) is 4.92 Å². The summed E-state index contributed by atoms with van der Waals surface area (Å²) in [6.07, 6.45) is 0. The van der Waals surface area contributed by atoms with E-state index in [4.69, 9.17) is 10.5 Å². The predicted octanol–water partition coefficient (Wildman–Crippen LogP) is 5.13. The molecule has 0 aliphatic rings. The number of benzene rings is 2. The minimum Gasteiger partial charge on any atom is -0.455 e. The van der Waals surface area contributed by atoms with E-state index in [0.717, 1.165) is 10.0 Å². The molecule has 5 nitrogen and oxygen atoms in total. The third kappa shape index (κ3) is 3.82. The van der Waals surface area contributed by atoms with E-state index in [9.17, 15) is 10.1 Å². The molecule has 0 saturated heterocycles. The second-order valence-corrected chi connectivity index (χ2v) is 6.68. The van der Waals surface area contributed by atoms with Crippen LogP contribution in [0.5, 0.6) is 11.5 Å². The molecule has 0 bridgehead atoms. The molecule has 0 heterocycles. The van der Waals surface area contributed by atoms with Crippen molar-refractivity contribution in [1.29, 1.82) is 0 Å². The number of hydrogen-bond acceptors (Lipinski definition) is 4. The summed E-state index contributed by atoms with van der Waals surface area (Å²) >= 11 is 9.95. The number of nitro benzene ring substituents is 1. The van der Waals surface area contributed by atoms with Crippen LogP contribution >= 0.6 is 47.8 Å². The average molecular weight is 481 g/mol. The number of nitro groups is 1. The average Bonchev–Trinajstić information content (AvgIpc) is 2.42. The van der Waals surface area contributed by atoms with Crippen LogP contribution in [0, 0.1) is 10.1 Å². The quantitative estimate of drug-likeness (QED) is 0.486. The second kappa shape index (κ2) is 6.87. The van der Waals surface area contributed by atoms with Crippen molar-refractivity contribution >= 4 is 53.5 Å². The number of hydrogen-bond donors (Lipinski definition) is 1. The Kier molecular flexibility index (Phi) is 5.37. The molecule has 0 atom stereocenters. The maximum Gasteiger partial charge on any atom is 0.271 e. The van der Waals surface area contributed by atoms with E-state index in [0.29, 0.717) is 27.0 Å². The van der Waals surface area contributed by atoms with Gasteiger partial charge in [-0.15, -0.1) is 0 Å². The zero-order chi connectivity index (χ0) is 15.6. The number of rotatable bonds is 4. The summed E-state index contributed by atoms with van der Waals surface area (Å²) < 4.78 is 7.66. The third-order valence-corrected chi connectivity index (χ3v) is 4.33. The normalized spacial score (nSPS) is 10.5. The van der Waals surface area contributed by atoms with Gasteiger partial charge in [-0.1, -0.05) is 22.0 Å². The van der Waals surface area contributed by atoms with Crippen LogP contribution in [0.1, 0.15) is 5.56 Å². The predicted molar refractivity (Wildman–Crippen MR) is 90.6 cm³/mol. The fraction of sp³-hybridized carbons (Fsp3) is 0.0769. The van der Waals surface area contributed by atoms with Crippen LogP contribution in [0.2, 0.25) is 0 Å². The molecule has 0 fully saturated rings. The highest BCUT2D eigenvalue weighted by molar-refractivity contribution is 9.11. The summed E-state index contributed by atoms with van der Waals surface area (Å²) in [5.41, 5.74) is 6.48.